The summed E-state index contributed by atoms with van der Waals surface area (Å²) < 4.78 is 5.77. The quantitative estimate of drug-likeness (QED) is 0.766. The molecule has 0 bridgehead atoms. The number of halogens is 1. The third kappa shape index (κ3) is 4.86. The van der Waals surface area contributed by atoms with Gasteiger partial charge in [-0.15, -0.1) is 12.4 Å². The van der Waals surface area contributed by atoms with E-state index in [1.165, 1.54) is 22.3 Å². The van der Waals surface area contributed by atoms with E-state index >= 15 is 0 Å². The molecule has 128 valence electrons. The molecule has 0 fully saturated rings. The summed E-state index contributed by atoms with van der Waals surface area (Å²) in [5.41, 5.74) is 5.28. The second kappa shape index (κ2) is 8.91. The molecule has 0 spiro atoms. The van der Waals surface area contributed by atoms with Crippen LogP contribution in [0, 0.1) is 6.92 Å². The molecule has 0 unspecified atom stereocenters. The van der Waals surface area contributed by atoms with Crippen molar-refractivity contribution in [3.8, 4) is 5.75 Å². The summed E-state index contributed by atoms with van der Waals surface area (Å²) >= 11 is 0. The van der Waals surface area contributed by atoms with Crippen LogP contribution in [0.2, 0.25) is 0 Å². The van der Waals surface area contributed by atoms with E-state index in [0.29, 0.717) is 0 Å². The number of nitrogens with zero attached hydrogens (tertiary/aromatic N) is 1. The highest BCUT2D eigenvalue weighted by Crippen LogP contribution is 2.26. The van der Waals surface area contributed by atoms with E-state index in [1.807, 2.05) is 0 Å². The lowest BCUT2D eigenvalue weighted by molar-refractivity contribution is 0.287. The molecular weight excluding hydrogens is 318 g/mol. The second-order valence-electron chi connectivity index (χ2n) is 6.35. The summed E-state index contributed by atoms with van der Waals surface area (Å²) in [5.74, 6) is 1.08. The highest BCUT2D eigenvalue weighted by molar-refractivity contribution is 5.85. The standard InChI is InChI=1S/C21H25NO.ClH/c1-17-7-3-4-8-19(17)9-5-13-22(2)16-18-11-12-20-10-6-14-23-21(20)15-18;/h3-5,7-9,11-12,15H,6,10,13-14,16H2,1-2H3;1H/b9-5+;. The monoisotopic (exact) mass is 343 g/mol. The Hall–Kier alpha value is -1.77. The first-order valence-corrected chi connectivity index (χ1v) is 8.38. The molecule has 0 N–H and O–H groups in total. The molecule has 0 saturated heterocycles. The molecule has 0 radical (unpaired) electrons. The summed E-state index contributed by atoms with van der Waals surface area (Å²) in [6.07, 6.45) is 6.72. The topological polar surface area (TPSA) is 12.5 Å². The van der Waals surface area contributed by atoms with E-state index in [2.05, 4.69) is 73.5 Å². The maximum atomic E-state index is 5.77. The molecule has 2 aromatic carbocycles. The average molecular weight is 344 g/mol. The Labute approximate surface area is 151 Å². The molecule has 1 heterocycles. The number of hydrogen-bond donors (Lipinski definition) is 0. The van der Waals surface area contributed by atoms with Gasteiger partial charge < -0.3 is 4.74 Å². The highest BCUT2D eigenvalue weighted by Gasteiger charge is 2.11. The van der Waals surface area contributed by atoms with Gasteiger partial charge in [0, 0.05) is 13.1 Å². The molecule has 3 heteroatoms. The van der Waals surface area contributed by atoms with Crippen molar-refractivity contribution in [2.75, 3.05) is 20.2 Å². The van der Waals surface area contributed by atoms with Gasteiger partial charge in [-0.2, -0.15) is 0 Å². The van der Waals surface area contributed by atoms with Crippen LogP contribution in [0.3, 0.4) is 0 Å². The van der Waals surface area contributed by atoms with Crippen LogP contribution >= 0.6 is 12.4 Å². The zero-order valence-corrected chi connectivity index (χ0v) is 15.3. The lowest BCUT2D eigenvalue weighted by atomic mass is 10.0. The number of aryl methyl sites for hydroxylation is 2. The molecule has 24 heavy (non-hydrogen) atoms. The summed E-state index contributed by atoms with van der Waals surface area (Å²) in [6, 6.07) is 15.1. The lowest BCUT2D eigenvalue weighted by Gasteiger charge is -2.20. The van der Waals surface area contributed by atoms with Gasteiger partial charge in [0.1, 0.15) is 5.75 Å². The molecule has 0 aromatic heterocycles. The minimum atomic E-state index is 0. The van der Waals surface area contributed by atoms with Gasteiger partial charge >= 0.3 is 0 Å². The molecule has 0 atom stereocenters. The first-order chi connectivity index (χ1) is 11.2. The number of benzene rings is 2. The fraction of sp³-hybridized carbons (Fsp3) is 0.333. The van der Waals surface area contributed by atoms with Crippen LogP contribution in [0.4, 0.5) is 0 Å². The van der Waals surface area contributed by atoms with Crippen molar-refractivity contribution < 1.29 is 4.74 Å². The van der Waals surface area contributed by atoms with Gasteiger partial charge in [0.2, 0.25) is 0 Å². The predicted octanol–water partition coefficient (Wildman–Crippen LogP) is 4.89. The average Bonchev–Trinajstić information content (AvgIpc) is 2.56. The van der Waals surface area contributed by atoms with E-state index in [1.54, 1.807) is 0 Å². The number of ether oxygens (including phenoxy) is 1. The van der Waals surface area contributed by atoms with E-state index in [9.17, 15) is 0 Å². The van der Waals surface area contributed by atoms with Crippen molar-refractivity contribution >= 4 is 18.5 Å². The van der Waals surface area contributed by atoms with Gasteiger partial charge in [-0.05, 0) is 55.1 Å². The third-order valence-corrected chi connectivity index (χ3v) is 4.34. The zero-order chi connectivity index (χ0) is 16.1. The minimum Gasteiger partial charge on any atom is -0.493 e. The molecular formula is C21H26ClNO. The van der Waals surface area contributed by atoms with Gasteiger partial charge in [-0.1, -0.05) is 48.6 Å². The van der Waals surface area contributed by atoms with Gasteiger partial charge in [-0.3, -0.25) is 4.90 Å². The first kappa shape index (κ1) is 18.6. The van der Waals surface area contributed by atoms with Crippen LogP contribution in [-0.2, 0) is 13.0 Å². The Balaban J connectivity index is 0.00000208. The zero-order valence-electron chi connectivity index (χ0n) is 14.5. The summed E-state index contributed by atoms with van der Waals surface area (Å²) in [4.78, 5) is 2.32. The maximum absolute atomic E-state index is 5.77. The second-order valence-corrected chi connectivity index (χ2v) is 6.35. The molecule has 1 aliphatic rings. The van der Waals surface area contributed by atoms with Crippen LogP contribution < -0.4 is 4.74 Å². The van der Waals surface area contributed by atoms with Gasteiger partial charge in [-0.25, -0.2) is 0 Å². The maximum Gasteiger partial charge on any atom is 0.122 e. The largest absolute Gasteiger partial charge is 0.493 e. The van der Waals surface area contributed by atoms with Crippen molar-refractivity contribution in [2.24, 2.45) is 0 Å². The van der Waals surface area contributed by atoms with E-state index < -0.39 is 0 Å². The van der Waals surface area contributed by atoms with Crippen LogP contribution in [0.1, 0.15) is 28.7 Å². The first-order valence-electron chi connectivity index (χ1n) is 8.38. The van der Waals surface area contributed by atoms with Gasteiger partial charge in [0.25, 0.3) is 0 Å². The van der Waals surface area contributed by atoms with Crippen molar-refractivity contribution in [1.29, 1.82) is 0 Å². The number of hydrogen-bond acceptors (Lipinski definition) is 2. The van der Waals surface area contributed by atoms with E-state index in [0.717, 1.165) is 38.3 Å². The molecule has 1 aliphatic heterocycles. The van der Waals surface area contributed by atoms with Crippen LogP contribution in [-0.4, -0.2) is 25.1 Å². The Morgan fingerprint density at radius 1 is 1.17 bits per heavy atom. The van der Waals surface area contributed by atoms with Crippen molar-refractivity contribution in [1.82, 2.24) is 4.90 Å². The Morgan fingerprint density at radius 2 is 2.00 bits per heavy atom. The number of fused-ring (bicyclic) bond motifs is 1. The third-order valence-electron chi connectivity index (χ3n) is 4.34. The number of likely N-dealkylation sites (N-methyl/N-ethyl adjacent to an activating group) is 1. The van der Waals surface area contributed by atoms with Crippen molar-refractivity contribution in [2.45, 2.75) is 26.3 Å². The SMILES string of the molecule is Cc1ccccc1/C=C/CN(C)Cc1ccc2c(c1)OCCC2.Cl. The number of rotatable bonds is 5. The molecule has 2 aromatic rings. The molecule has 0 aliphatic carbocycles. The fourth-order valence-electron chi connectivity index (χ4n) is 2.99. The highest BCUT2D eigenvalue weighted by atomic mass is 35.5. The van der Waals surface area contributed by atoms with Crippen LogP contribution in [0.15, 0.2) is 48.5 Å². The van der Waals surface area contributed by atoms with E-state index in [-0.39, 0.29) is 12.4 Å². The van der Waals surface area contributed by atoms with Crippen LogP contribution in [0.5, 0.6) is 5.75 Å². The molecule has 0 amide bonds. The van der Waals surface area contributed by atoms with Gasteiger partial charge in [0.15, 0.2) is 0 Å². The predicted molar refractivity (Wildman–Crippen MR) is 104 cm³/mol. The van der Waals surface area contributed by atoms with Gasteiger partial charge in [0.05, 0.1) is 6.61 Å². The Morgan fingerprint density at radius 3 is 2.83 bits per heavy atom. The minimum absolute atomic E-state index is 0. The van der Waals surface area contributed by atoms with Crippen molar-refractivity contribution in [3.05, 3.63) is 70.8 Å². The Bertz CT molecular complexity index is 696. The fourth-order valence-corrected chi connectivity index (χ4v) is 2.99. The lowest BCUT2D eigenvalue weighted by Crippen LogP contribution is -2.18. The smallest absolute Gasteiger partial charge is 0.122 e. The normalized spacial score (nSPS) is 13.5. The van der Waals surface area contributed by atoms with Crippen LogP contribution in [0.25, 0.3) is 6.08 Å². The van der Waals surface area contributed by atoms with Crippen molar-refractivity contribution in [3.63, 3.8) is 0 Å². The Kier molecular flexibility index (Phi) is 6.89. The molecule has 3 rings (SSSR count). The summed E-state index contributed by atoms with van der Waals surface area (Å²) in [6.45, 7) is 4.88. The summed E-state index contributed by atoms with van der Waals surface area (Å²) in [5, 5.41) is 0. The summed E-state index contributed by atoms with van der Waals surface area (Å²) in [7, 11) is 2.16. The molecule has 0 saturated carbocycles. The van der Waals surface area contributed by atoms with E-state index in [4.69, 9.17) is 4.74 Å². The molecule has 2 nitrogen and oxygen atoms in total.